The van der Waals surface area contributed by atoms with Crippen molar-refractivity contribution in [3.05, 3.63) is 60.5 Å². The van der Waals surface area contributed by atoms with E-state index in [4.69, 9.17) is 4.74 Å². The number of anilines is 3. The van der Waals surface area contributed by atoms with E-state index in [0.717, 1.165) is 6.26 Å². The Hall–Kier alpha value is -3.20. The molecule has 0 spiro atoms. The number of methoxy groups -OCH3 is 1. The van der Waals surface area contributed by atoms with E-state index >= 15 is 0 Å². The normalized spacial score (nSPS) is 11.1. The molecular formula is C18H17FN4O3S. The molecule has 0 unspecified atom stereocenters. The van der Waals surface area contributed by atoms with Crippen molar-refractivity contribution < 1.29 is 17.5 Å². The Labute approximate surface area is 156 Å². The minimum Gasteiger partial charge on any atom is -0.496 e. The van der Waals surface area contributed by atoms with Crippen LogP contribution >= 0.6 is 0 Å². The van der Waals surface area contributed by atoms with Crippen molar-refractivity contribution in [1.82, 2.24) is 9.97 Å². The fourth-order valence-corrected chi connectivity index (χ4v) is 3.00. The van der Waals surface area contributed by atoms with Gasteiger partial charge < -0.3 is 10.1 Å². The Bertz CT molecular complexity index is 1070. The first-order valence-corrected chi connectivity index (χ1v) is 9.75. The third-order valence-corrected chi connectivity index (χ3v) is 4.12. The molecule has 1 heterocycles. The molecular weight excluding hydrogens is 371 g/mol. The Morgan fingerprint density at radius 1 is 1.07 bits per heavy atom. The average molecular weight is 388 g/mol. The van der Waals surface area contributed by atoms with E-state index in [-0.39, 0.29) is 0 Å². The summed E-state index contributed by atoms with van der Waals surface area (Å²) in [4.78, 5) is 8.58. The Balaban J connectivity index is 1.88. The molecule has 3 rings (SSSR count). The van der Waals surface area contributed by atoms with Crippen molar-refractivity contribution in [3.63, 3.8) is 0 Å². The van der Waals surface area contributed by atoms with Crippen LogP contribution in [0.5, 0.6) is 5.75 Å². The highest BCUT2D eigenvalue weighted by molar-refractivity contribution is 7.92. The molecule has 0 aliphatic rings. The van der Waals surface area contributed by atoms with Gasteiger partial charge in [-0.1, -0.05) is 6.07 Å². The van der Waals surface area contributed by atoms with Crippen molar-refractivity contribution in [2.45, 2.75) is 0 Å². The van der Waals surface area contributed by atoms with Crippen LogP contribution in [0.1, 0.15) is 0 Å². The number of hydrogen-bond donors (Lipinski definition) is 2. The minimum absolute atomic E-state index is 0.301. The van der Waals surface area contributed by atoms with Gasteiger partial charge in [-0.15, -0.1) is 0 Å². The lowest BCUT2D eigenvalue weighted by atomic mass is 10.1. The summed E-state index contributed by atoms with van der Waals surface area (Å²) in [5, 5.41) is 3.02. The maximum absolute atomic E-state index is 13.4. The molecule has 7 nitrogen and oxygen atoms in total. The van der Waals surface area contributed by atoms with Crippen molar-refractivity contribution in [2.75, 3.05) is 23.4 Å². The second-order valence-electron chi connectivity index (χ2n) is 5.69. The predicted octanol–water partition coefficient (Wildman–Crippen LogP) is 3.41. The lowest BCUT2D eigenvalue weighted by Gasteiger charge is -2.11. The molecule has 2 N–H and O–H groups in total. The molecule has 27 heavy (non-hydrogen) atoms. The van der Waals surface area contributed by atoms with Gasteiger partial charge in [0.15, 0.2) is 0 Å². The topological polar surface area (TPSA) is 93.2 Å². The number of nitrogens with zero attached hydrogens (tertiary/aromatic N) is 2. The van der Waals surface area contributed by atoms with E-state index in [1.807, 2.05) is 0 Å². The van der Waals surface area contributed by atoms with Crippen LogP contribution in [0.25, 0.3) is 11.3 Å². The highest BCUT2D eigenvalue weighted by atomic mass is 32.2. The summed E-state index contributed by atoms with van der Waals surface area (Å²) in [5.41, 5.74) is 2.19. The fourth-order valence-electron chi connectivity index (χ4n) is 2.45. The van der Waals surface area contributed by atoms with Gasteiger partial charge in [-0.2, -0.15) is 0 Å². The Morgan fingerprint density at radius 2 is 1.85 bits per heavy atom. The smallest absolute Gasteiger partial charge is 0.229 e. The van der Waals surface area contributed by atoms with Crippen LogP contribution in [0.15, 0.2) is 54.7 Å². The first-order valence-electron chi connectivity index (χ1n) is 7.86. The highest BCUT2D eigenvalue weighted by Gasteiger charge is 2.10. The first-order chi connectivity index (χ1) is 12.8. The van der Waals surface area contributed by atoms with Gasteiger partial charge in [0.2, 0.25) is 16.0 Å². The number of sulfonamides is 1. The number of nitrogens with one attached hydrogen (secondary N) is 2. The van der Waals surface area contributed by atoms with E-state index in [0.29, 0.717) is 34.3 Å². The minimum atomic E-state index is -3.37. The summed E-state index contributed by atoms with van der Waals surface area (Å²) >= 11 is 0. The molecule has 1 aromatic heterocycles. The predicted molar refractivity (Wildman–Crippen MR) is 102 cm³/mol. The largest absolute Gasteiger partial charge is 0.496 e. The van der Waals surface area contributed by atoms with Crippen LogP contribution in [-0.2, 0) is 10.0 Å². The van der Waals surface area contributed by atoms with E-state index < -0.39 is 15.8 Å². The standard InChI is InChI=1S/C18H17FN4O3S/c1-26-17-10-12(19)6-7-15(17)16-8-9-20-18(22-16)21-13-4-3-5-14(11-13)23-27(2,24)25/h3-11,23H,1-2H3,(H,20,21,22). The molecule has 0 atom stereocenters. The van der Waals surface area contributed by atoms with E-state index in [1.54, 1.807) is 42.6 Å². The Kier molecular flexibility index (Phi) is 5.22. The summed E-state index contributed by atoms with van der Waals surface area (Å²) in [6, 6.07) is 12.6. The van der Waals surface area contributed by atoms with Gasteiger partial charge in [0.25, 0.3) is 0 Å². The van der Waals surface area contributed by atoms with E-state index in [2.05, 4.69) is 20.0 Å². The molecule has 3 aromatic rings. The van der Waals surface area contributed by atoms with Gasteiger partial charge in [-0.3, -0.25) is 4.72 Å². The maximum Gasteiger partial charge on any atom is 0.229 e. The maximum atomic E-state index is 13.4. The molecule has 0 saturated heterocycles. The molecule has 0 saturated carbocycles. The molecule has 0 aliphatic heterocycles. The molecule has 9 heteroatoms. The van der Waals surface area contributed by atoms with Crippen LogP contribution < -0.4 is 14.8 Å². The van der Waals surface area contributed by atoms with Gasteiger partial charge in [-0.25, -0.2) is 22.8 Å². The van der Waals surface area contributed by atoms with Crippen molar-refractivity contribution in [2.24, 2.45) is 0 Å². The molecule has 2 aromatic carbocycles. The molecule has 0 aliphatic carbocycles. The molecule has 0 bridgehead atoms. The van der Waals surface area contributed by atoms with Gasteiger partial charge in [0.1, 0.15) is 11.6 Å². The van der Waals surface area contributed by atoms with Crippen molar-refractivity contribution in [1.29, 1.82) is 0 Å². The van der Waals surface area contributed by atoms with Crippen LogP contribution in [0, 0.1) is 5.82 Å². The zero-order valence-electron chi connectivity index (χ0n) is 14.6. The van der Waals surface area contributed by atoms with Gasteiger partial charge >= 0.3 is 0 Å². The van der Waals surface area contributed by atoms with Gasteiger partial charge in [0.05, 0.1) is 24.7 Å². The molecule has 140 valence electrons. The monoisotopic (exact) mass is 388 g/mol. The molecule has 0 fully saturated rings. The Morgan fingerprint density at radius 3 is 2.59 bits per heavy atom. The third-order valence-electron chi connectivity index (χ3n) is 3.52. The number of benzene rings is 2. The molecule has 0 radical (unpaired) electrons. The third kappa shape index (κ3) is 4.91. The summed E-state index contributed by atoms with van der Waals surface area (Å²) in [6.45, 7) is 0. The second kappa shape index (κ2) is 7.58. The zero-order chi connectivity index (χ0) is 19.4. The van der Waals surface area contributed by atoms with E-state index in [1.165, 1.54) is 19.2 Å². The number of ether oxygens (including phenoxy) is 1. The van der Waals surface area contributed by atoms with Crippen molar-refractivity contribution in [3.8, 4) is 17.0 Å². The van der Waals surface area contributed by atoms with Crippen LogP contribution in [0.3, 0.4) is 0 Å². The average Bonchev–Trinajstić information content (AvgIpc) is 2.60. The summed E-state index contributed by atoms with van der Waals surface area (Å²) in [5.74, 6) is 0.257. The molecule has 0 amide bonds. The van der Waals surface area contributed by atoms with Crippen LogP contribution in [-0.4, -0.2) is 31.8 Å². The summed E-state index contributed by atoms with van der Waals surface area (Å²) < 4.78 is 43.7. The second-order valence-corrected chi connectivity index (χ2v) is 7.44. The van der Waals surface area contributed by atoms with E-state index in [9.17, 15) is 12.8 Å². The van der Waals surface area contributed by atoms with Gasteiger partial charge in [-0.05, 0) is 36.4 Å². The number of rotatable bonds is 6. The van der Waals surface area contributed by atoms with Crippen LogP contribution in [0.4, 0.5) is 21.7 Å². The first kappa shape index (κ1) is 18.6. The summed E-state index contributed by atoms with van der Waals surface area (Å²) in [7, 11) is -1.92. The number of hydrogen-bond acceptors (Lipinski definition) is 6. The lowest BCUT2D eigenvalue weighted by molar-refractivity contribution is 0.413. The van der Waals surface area contributed by atoms with Crippen molar-refractivity contribution >= 4 is 27.3 Å². The lowest BCUT2D eigenvalue weighted by Crippen LogP contribution is -2.09. The number of aromatic nitrogens is 2. The van der Waals surface area contributed by atoms with Gasteiger partial charge in [0, 0.05) is 23.5 Å². The fraction of sp³-hybridized carbons (Fsp3) is 0.111. The zero-order valence-corrected chi connectivity index (χ0v) is 15.4. The quantitative estimate of drug-likeness (QED) is 0.672. The van der Waals surface area contributed by atoms with Crippen LogP contribution in [0.2, 0.25) is 0 Å². The number of halogens is 1. The SMILES string of the molecule is COc1cc(F)ccc1-c1ccnc(Nc2cccc(NS(C)(=O)=O)c2)n1. The summed E-state index contributed by atoms with van der Waals surface area (Å²) in [6.07, 6.45) is 2.64. The highest BCUT2D eigenvalue weighted by Crippen LogP contribution is 2.30.